The van der Waals surface area contributed by atoms with E-state index in [4.69, 9.17) is 0 Å². The van der Waals surface area contributed by atoms with Crippen LogP contribution in [0.3, 0.4) is 0 Å². The highest BCUT2D eigenvalue weighted by Gasteiger charge is 2.46. The van der Waals surface area contributed by atoms with Crippen LogP contribution in [0.1, 0.15) is 39.5 Å². The van der Waals surface area contributed by atoms with Crippen LogP contribution in [0.2, 0.25) is 0 Å². The molecule has 2 heterocycles. The summed E-state index contributed by atoms with van der Waals surface area (Å²) in [5.74, 6) is 0.649. The standard InChI is InChI=1S/C13H23NO2S/c1-3-5-13(12(15)16)6-7-14(9-13)11-4-8-17-10(11)2/h10-11H,3-9H2,1-2H3,(H,15,16). The molecular formula is C13H23NO2S. The maximum atomic E-state index is 11.5. The van der Waals surface area contributed by atoms with E-state index in [-0.39, 0.29) is 0 Å². The van der Waals surface area contributed by atoms with E-state index in [1.807, 2.05) is 11.8 Å². The van der Waals surface area contributed by atoms with Gasteiger partial charge in [0.1, 0.15) is 0 Å². The van der Waals surface area contributed by atoms with Gasteiger partial charge in [0.2, 0.25) is 0 Å². The van der Waals surface area contributed by atoms with E-state index in [1.165, 1.54) is 12.2 Å². The zero-order valence-corrected chi connectivity index (χ0v) is 11.6. The molecule has 17 heavy (non-hydrogen) atoms. The Morgan fingerprint density at radius 2 is 2.35 bits per heavy atom. The monoisotopic (exact) mass is 257 g/mol. The molecule has 3 atom stereocenters. The lowest BCUT2D eigenvalue weighted by Crippen LogP contribution is -2.41. The van der Waals surface area contributed by atoms with Gasteiger partial charge < -0.3 is 5.11 Å². The number of hydrogen-bond acceptors (Lipinski definition) is 3. The van der Waals surface area contributed by atoms with Gasteiger partial charge in [0, 0.05) is 17.8 Å². The molecule has 0 bridgehead atoms. The van der Waals surface area contributed by atoms with Crippen LogP contribution in [0.15, 0.2) is 0 Å². The lowest BCUT2D eigenvalue weighted by atomic mass is 9.82. The maximum absolute atomic E-state index is 11.5. The van der Waals surface area contributed by atoms with Crippen molar-refractivity contribution >= 4 is 17.7 Å². The minimum Gasteiger partial charge on any atom is -0.481 e. The second kappa shape index (κ2) is 5.19. The van der Waals surface area contributed by atoms with Gasteiger partial charge >= 0.3 is 5.97 Å². The topological polar surface area (TPSA) is 40.5 Å². The van der Waals surface area contributed by atoms with Crippen LogP contribution in [0.25, 0.3) is 0 Å². The normalized spacial score (nSPS) is 38.7. The highest BCUT2D eigenvalue weighted by Crippen LogP contribution is 2.40. The second-order valence-corrected chi connectivity index (χ2v) is 6.97. The number of nitrogens with zero attached hydrogens (tertiary/aromatic N) is 1. The third-order valence-electron chi connectivity index (χ3n) is 4.37. The van der Waals surface area contributed by atoms with Crippen molar-refractivity contribution in [2.75, 3.05) is 18.8 Å². The molecule has 0 amide bonds. The van der Waals surface area contributed by atoms with E-state index in [0.29, 0.717) is 11.3 Å². The number of thioether (sulfide) groups is 1. The summed E-state index contributed by atoms with van der Waals surface area (Å²) >= 11 is 2.02. The third-order valence-corrected chi connectivity index (χ3v) is 5.68. The van der Waals surface area contributed by atoms with Crippen LogP contribution >= 0.6 is 11.8 Å². The fourth-order valence-corrected chi connectivity index (χ4v) is 4.63. The second-order valence-electron chi connectivity index (χ2n) is 5.49. The van der Waals surface area contributed by atoms with Gasteiger partial charge in [-0.3, -0.25) is 9.69 Å². The first-order valence-corrected chi connectivity index (χ1v) is 7.73. The van der Waals surface area contributed by atoms with Crippen molar-refractivity contribution < 1.29 is 9.90 Å². The van der Waals surface area contributed by atoms with Gasteiger partial charge in [0.05, 0.1) is 5.41 Å². The van der Waals surface area contributed by atoms with Crippen LogP contribution in [0, 0.1) is 5.41 Å². The molecule has 0 aromatic heterocycles. The average molecular weight is 257 g/mol. The molecule has 0 aromatic carbocycles. The molecule has 0 aromatic rings. The van der Waals surface area contributed by atoms with Crippen molar-refractivity contribution in [1.82, 2.24) is 4.90 Å². The number of aliphatic carboxylic acids is 1. The Labute approximate surface area is 108 Å². The van der Waals surface area contributed by atoms with E-state index in [1.54, 1.807) is 0 Å². The van der Waals surface area contributed by atoms with Crippen LogP contribution in [0.4, 0.5) is 0 Å². The van der Waals surface area contributed by atoms with Crippen molar-refractivity contribution in [3.63, 3.8) is 0 Å². The summed E-state index contributed by atoms with van der Waals surface area (Å²) in [4.78, 5) is 14.0. The number of hydrogen-bond donors (Lipinski definition) is 1. The third kappa shape index (κ3) is 2.48. The molecule has 0 saturated carbocycles. The first-order valence-electron chi connectivity index (χ1n) is 6.68. The predicted octanol–water partition coefficient (Wildman–Crippen LogP) is 2.46. The summed E-state index contributed by atoms with van der Waals surface area (Å²) < 4.78 is 0. The lowest BCUT2D eigenvalue weighted by Gasteiger charge is -2.29. The highest BCUT2D eigenvalue weighted by atomic mass is 32.2. The Morgan fingerprint density at radius 3 is 2.88 bits per heavy atom. The van der Waals surface area contributed by atoms with Crippen molar-refractivity contribution in [1.29, 1.82) is 0 Å². The SMILES string of the molecule is CCCC1(C(=O)O)CCN(C2CCSC2C)C1. The number of carboxylic acids is 1. The molecule has 0 aliphatic carbocycles. The number of carbonyl (C=O) groups is 1. The molecule has 3 unspecified atom stereocenters. The fraction of sp³-hybridized carbons (Fsp3) is 0.923. The van der Waals surface area contributed by atoms with E-state index >= 15 is 0 Å². The Bertz CT molecular complexity index is 297. The smallest absolute Gasteiger partial charge is 0.310 e. The Hall–Kier alpha value is -0.220. The van der Waals surface area contributed by atoms with Gasteiger partial charge in [-0.05, 0) is 31.6 Å². The number of likely N-dealkylation sites (tertiary alicyclic amines) is 1. The van der Waals surface area contributed by atoms with E-state index in [9.17, 15) is 9.90 Å². The van der Waals surface area contributed by atoms with Crippen molar-refractivity contribution in [3.05, 3.63) is 0 Å². The molecule has 2 saturated heterocycles. The molecule has 0 radical (unpaired) electrons. The molecule has 2 fully saturated rings. The summed E-state index contributed by atoms with van der Waals surface area (Å²) in [6.07, 6.45) is 3.86. The molecule has 3 nitrogen and oxygen atoms in total. The fourth-order valence-electron chi connectivity index (χ4n) is 3.35. The Morgan fingerprint density at radius 1 is 1.59 bits per heavy atom. The van der Waals surface area contributed by atoms with E-state index < -0.39 is 11.4 Å². The number of rotatable bonds is 4. The Balaban J connectivity index is 2.04. The molecule has 4 heteroatoms. The first-order chi connectivity index (χ1) is 8.09. The molecule has 1 N–H and O–H groups in total. The average Bonchev–Trinajstić information content (AvgIpc) is 2.86. The van der Waals surface area contributed by atoms with Crippen molar-refractivity contribution in [2.24, 2.45) is 5.41 Å². The summed E-state index contributed by atoms with van der Waals surface area (Å²) in [5, 5.41) is 10.2. The zero-order chi connectivity index (χ0) is 12.5. The van der Waals surface area contributed by atoms with E-state index in [0.717, 1.165) is 32.4 Å². The lowest BCUT2D eigenvalue weighted by molar-refractivity contribution is -0.148. The highest BCUT2D eigenvalue weighted by molar-refractivity contribution is 8.00. The van der Waals surface area contributed by atoms with Crippen molar-refractivity contribution in [3.8, 4) is 0 Å². The molecule has 98 valence electrons. The summed E-state index contributed by atoms with van der Waals surface area (Å²) in [6, 6.07) is 0.609. The quantitative estimate of drug-likeness (QED) is 0.840. The molecule has 0 spiro atoms. The van der Waals surface area contributed by atoms with Gasteiger partial charge in [0.25, 0.3) is 0 Å². The summed E-state index contributed by atoms with van der Waals surface area (Å²) in [5.41, 5.74) is -0.457. The van der Waals surface area contributed by atoms with Crippen LogP contribution in [-0.4, -0.2) is 46.1 Å². The molecule has 2 aliphatic rings. The first kappa shape index (κ1) is 13.2. The molecule has 2 aliphatic heterocycles. The zero-order valence-electron chi connectivity index (χ0n) is 10.8. The predicted molar refractivity (Wildman–Crippen MR) is 71.5 cm³/mol. The van der Waals surface area contributed by atoms with Gasteiger partial charge in [-0.2, -0.15) is 11.8 Å². The minimum atomic E-state index is -0.583. The van der Waals surface area contributed by atoms with Crippen LogP contribution in [-0.2, 0) is 4.79 Å². The van der Waals surface area contributed by atoms with Gasteiger partial charge in [0.15, 0.2) is 0 Å². The molecule has 2 rings (SSSR count). The van der Waals surface area contributed by atoms with Gasteiger partial charge in [-0.1, -0.05) is 20.3 Å². The summed E-state index contributed by atoms with van der Waals surface area (Å²) in [7, 11) is 0. The number of carboxylic acid groups (broad SMARTS) is 1. The van der Waals surface area contributed by atoms with Crippen LogP contribution < -0.4 is 0 Å². The van der Waals surface area contributed by atoms with Crippen LogP contribution in [0.5, 0.6) is 0 Å². The summed E-state index contributed by atoms with van der Waals surface area (Å²) in [6.45, 7) is 6.11. The Kier molecular flexibility index (Phi) is 4.03. The van der Waals surface area contributed by atoms with E-state index in [2.05, 4.69) is 18.7 Å². The minimum absolute atomic E-state index is 0.457. The van der Waals surface area contributed by atoms with Gasteiger partial charge in [-0.15, -0.1) is 0 Å². The van der Waals surface area contributed by atoms with Gasteiger partial charge in [-0.25, -0.2) is 0 Å². The van der Waals surface area contributed by atoms with Crippen molar-refractivity contribution in [2.45, 2.75) is 50.8 Å². The largest absolute Gasteiger partial charge is 0.481 e. The maximum Gasteiger partial charge on any atom is 0.310 e. The molecular weight excluding hydrogens is 234 g/mol.